The molecule has 0 aliphatic carbocycles. The van der Waals surface area contributed by atoms with Gasteiger partial charge in [0.15, 0.2) is 0 Å². The SMILES string of the molecule is CC.CCCCCCNC(C)C. The van der Waals surface area contributed by atoms with Crippen LogP contribution in [0.1, 0.15) is 60.3 Å². The second-order valence-electron chi connectivity index (χ2n) is 3.17. The van der Waals surface area contributed by atoms with E-state index in [0.29, 0.717) is 6.04 Å². The molecule has 12 heavy (non-hydrogen) atoms. The first-order valence-corrected chi connectivity index (χ1v) is 5.50. The van der Waals surface area contributed by atoms with Gasteiger partial charge >= 0.3 is 0 Å². The number of hydrogen-bond acceptors (Lipinski definition) is 1. The molecule has 0 spiro atoms. The largest absolute Gasteiger partial charge is 0.315 e. The Morgan fingerprint density at radius 2 is 1.58 bits per heavy atom. The summed E-state index contributed by atoms with van der Waals surface area (Å²) in [5.74, 6) is 0. The number of nitrogens with one attached hydrogen (secondary N) is 1. The third-order valence-electron chi connectivity index (χ3n) is 1.58. The van der Waals surface area contributed by atoms with Crippen molar-refractivity contribution in [1.29, 1.82) is 0 Å². The summed E-state index contributed by atoms with van der Waals surface area (Å²) in [6.45, 7) is 11.8. The van der Waals surface area contributed by atoms with E-state index in [4.69, 9.17) is 0 Å². The van der Waals surface area contributed by atoms with Crippen molar-refractivity contribution in [2.75, 3.05) is 6.54 Å². The van der Waals surface area contributed by atoms with Crippen molar-refractivity contribution in [2.24, 2.45) is 0 Å². The lowest BCUT2D eigenvalue weighted by atomic mass is 10.2. The van der Waals surface area contributed by atoms with Crippen LogP contribution in [0.4, 0.5) is 0 Å². The van der Waals surface area contributed by atoms with E-state index in [1.54, 1.807) is 0 Å². The van der Waals surface area contributed by atoms with Crippen LogP contribution >= 0.6 is 0 Å². The minimum Gasteiger partial charge on any atom is -0.315 e. The predicted octanol–water partition coefficient (Wildman–Crippen LogP) is 3.59. The summed E-state index contributed by atoms with van der Waals surface area (Å²) < 4.78 is 0. The Labute approximate surface area is 78.9 Å². The molecule has 0 saturated carbocycles. The molecule has 0 saturated heterocycles. The van der Waals surface area contributed by atoms with Crippen molar-refractivity contribution in [1.82, 2.24) is 5.32 Å². The minimum absolute atomic E-state index is 0.654. The number of hydrogen-bond donors (Lipinski definition) is 1. The van der Waals surface area contributed by atoms with Gasteiger partial charge in [-0.15, -0.1) is 0 Å². The third kappa shape index (κ3) is 16.5. The molecule has 0 unspecified atom stereocenters. The molecule has 0 atom stereocenters. The van der Waals surface area contributed by atoms with Crippen LogP contribution in [-0.4, -0.2) is 12.6 Å². The molecule has 0 aromatic heterocycles. The normalized spacial score (nSPS) is 9.50. The van der Waals surface area contributed by atoms with Crippen LogP contribution in [-0.2, 0) is 0 Å². The van der Waals surface area contributed by atoms with E-state index < -0.39 is 0 Å². The predicted molar refractivity (Wildman–Crippen MR) is 58.6 cm³/mol. The first-order valence-electron chi connectivity index (χ1n) is 5.50. The Bertz CT molecular complexity index is 60.0. The van der Waals surface area contributed by atoms with Gasteiger partial charge in [0, 0.05) is 6.04 Å². The molecule has 0 aromatic carbocycles. The Morgan fingerprint density at radius 3 is 2.00 bits per heavy atom. The fourth-order valence-electron chi connectivity index (χ4n) is 0.943. The van der Waals surface area contributed by atoms with Crippen molar-refractivity contribution >= 4 is 0 Å². The Kier molecular flexibility index (Phi) is 16.3. The van der Waals surface area contributed by atoms with Crippen molar-refractivity contribution < 1.29 is 0 Å². The van der Waals surface area contributed by atoms with Gasteiger partial charge in [0.2, 0.25) is 0 Å². The molecule has 0 aliphatic heterocycles. The molecule has 0 aromatic rings. The van der Waals surface area contributed by atoms with Crippen LogP contribution in [0.5, 0.6) is 0 Å². The van der Waals surface area contributed by atoms with Gasteiger partial charge in [0.05, 0.1) is 0 Å². The second kappa shape index (κ2) is 13.5. The van der Waals surface area contributed by atoms with Crippen molar-refractivity contribution in [3.05, 3.63) is 0 Å². The zero-order valence-electron chi connectivity index (χ0n) is 9.61. The zero-order chi connectivity index (χ0) is 9.82. The highest BCUT2D eigenvalue weighted by molar-refractivity contribution is 4.52. The van der Waals surface area contributed by atoms with Gasteiger partial charge in [-0.1, -0.05) is 53.9 Å². The highest BCUT2D eigenvalue weighted by Gasteiger charge is 1.90. The van der Waals surface area contributed by atoms with Gasteiger partial charge in [-0.3, -0.25) is 0 Å². The van der Waals surface area contributed by atoms with Crippen molar-refractivity contribution in [2.45, 2.75) is 66.3 Å². The van der Waals surface area contributed by atoms with E-state index in [1.165, 1.54) is 32.2 Å². The molecule has 0 fully saturated rings. The molecule has 76 valence electrons. The fourth-order valence-corrected chi connectivity index (χ4v) is 0.943. The van der Waals surface area contributed by atoms with E-state index >= 15 is 0 Å². The van der Waals surface area contributed by atoms with Gasteiger partial charge in [-0.25, -0.2) is 0 Å². The number of rotatable bonds is 6. The lowest BCUT2D eigenvalue weighted by molar-refractivity contribution is 0.546. The fraction of sp³-hybridized carbons (Fsp3) is 1.00. The maximum atomic E-state index is 3.40. The van der Waals surface area contributed by atoms with Gasteiger partial charge in [0.1, 0.15) is 0 Å². The Hall–Kier alpha value is -0.0400. The monoisotopic (exact) mass is 173 g/mol. The summed E-state index contributed by atoms with van der Waals surface area (Å²) in [5.41, 5.74) is 0. The molecule has 0 aliphatic rings. The summed E-state index contributed by atoms with van der Waals surface area (Å²) in [7, 11) is 0. The lowest BCUT2D eigenvalue weighted by Gasteiger charge is -2.06. The summed E-state index contributed by atoms with van der Waals surface area (Å²) in [4.78, 5) is 0. The summed E-state index contributed by atoms with van der Waals surface area (Å²) in [6, 6.07) is 0.654. The first-order chi connectivity index (χ1) is 5.77. The van der Waals surface area contributed by atoms with E-state index in [1.807, 2.05) is 13.8 Å². The lowest BCUT2D eigenvalue weighted by Crippen LogP contribution is -2.23. The molecule has 0 radical (unpaired) electrons. The van der Waals surface area contributed by atoms with E-state index in [-0.39, 0.29) is 0 Å². The van der Waals surface area contributed by atoms with Crippen LogP contribution in [0.2, 0.25) is 0 Å². The van der Waals surface area contributed by atoms with Gasteiger partial charge in [-0.05, 0) is 13.0 Å². The van der Waals surface area contributed by atoms with E-state index in [2.05, 4.69) is 26.1 Å². The summed E-state index contributed by atoms with van der Waals surface area (Å²) in [5, 5.41) is 3.40. The Morgan fingerprint density at radius 1 is 1.00 bits per heavy atom. The average Bonchev–Trinajstić information content (AvgIpc) is 2.07. The Balaban J connectivity index is 0. The zero-order valence-corrected chi connectivity index (χ0v) is 9.61. The van der Waals surface area contributed by atoms with Gasteiger partial charge in [0.25, 0.3) is 0 Å². The van der Waals surface area contributed by atoms with E-state index in [9.17, 15) is 0 Å². The van der Waals surface area contributed by atoms with Crippen LogP contribution < -0.4 is 5.32 Å². The maximum absolute atomic E-state index is 3.40. The molecular formula is C11H27N. The topological polar surface area (TPSA) is 12.0 Å². The molecule has 1 N–H and O–H groups in total. The molecule has 1 heteroatoms. The van der Waals surface area contributed by atoms with Crippen LogP contribution in [0, 0.1) is 0 Å². The van der Waals surface area contributed by atoms with Gasteiger partial charge < -0.3 is 5.32 Å². The first kappa shape index (κ1) is 14.5. The quantitative estimate of drug-likeness (QED) is 0.605. The second-order valence-corrected chi connectivity index (χ2v) is 3.17. The minimum atomic E-state index is 0.654. The summed E-state index contributed by atoms with van der Waals surface area (Å²) in [6.07, 6.45) is 5.45. The van der Waals surface area contributed by atoms with Crippen molar-refractivity contribution in [3.8, 4) is 0 Å². The molecular weight excluding hydrogens is 146 g/mol. The molecule has 0 amide bonds. The summed E-state index contributed by atoms with van der Waals surface area (Å²) >= 11 is 0. The standard InChI is InChI=1S/C9H21N.C2H6/c1-4-5-6-7-8-10-9(2)3;1-2/h9-10H,4-8H2,1-3H3;1-2H3. The van der Waals surface area contributed by atoms with Crippen LogP contribution in [0.25, 0.3) is 0 Å². The number of unbranched alkanes of at least 4 members (excludes halogenated alkanes) is 3. The third-order valence-corrected chi connectivity index (χ3v) is 1.58. The average molecular weight is 173 g/mol. The molecule has 0 bridgehead atoms. The smallest absolute Gasteiger partial charge is 0.00103 e. The highest BCUT2D eigenvalue weighted by Crippen LogP contribution is 1.97. The molecule has 0 rings (SSSR count). The maximum Gasteiger partial charge on any atom is 0.00103 e. The van der Waals surface area contributed by atoms with Crippen LogP contribution in [0.3, 0.4) is 0 Å². The van der Waals surface area contributed by atoms with E-state index in [0.717, 1.165) is 0 Å². The van der Waals surface area contributed by atoms with Crippen molar-refractivity contribution in [3.63, 3.8) is 0 Å². The van der Waals surface area contributed by atoms with Crippen LogP contribution in [0.15, 0.2) is 0 Å². The molecule has 0 heterocycles. The highest BCUT2D eigenvalue weighted by atomic mass is 14.9. The van der Waals surface area contributed by atoms with Gasteiger partial charge in [-0.2, -0.15) is 0 Å². The molecule has 1 nitrogen and oxygen atoms in total.